The van der Waals surface area contributed by atoms with Gasteiger partial charge in [0.05, 0.1) is 25.3 Å². The highest BCUT2D eigenvalue weighted by atomic mass is 32.1. The lowest BCUT2D eigenvalue weighted by Crippen LogP contribution is -2.30. The molecule has 0 aliphatic carbocycles. The van der Waals surface area contributed by atoms with Gasteiger partial charge in [-0.3, -0.25) is 5.32 Å². The van der Waals surface area contributed by atoms with Crippen LogP contribution < -0.4 is 20.1 Å². The molecular formula is C15H18N2O3S. The van der Waals surface area contributed by atoms with Gasteiger partial charge in [-0.25, -0.2) is 4.79 Å². The van der Waals surface area contributed by atoms with Crippen LogP contribution in [0.25, 0.3) is 0 Å². The average molecular weight is 306 g/mol. The first-order valence-corrected chi connectivity index (χ1v) is 7.35. The number of rotatable bonds is 5. The number of anilines is 1. The van der Waals surface area contributed by atoms with Crippen molar-refractivity contribution < 1.29 is 14.3 Å². The summed E-state index contributed by atoms with van der Waals surface area (Å²) in [6, 6.07) is 8.93. The summed E-state index contributed by atoms with van der Waals surface area (Å²) >= 11 is 1.48. The molecule has 0 fully saturated rings. The van der Waals surface area contributed by atoms with E-state index in [0.717, 1.165) is 10.6 Å². The summed E-state index contributed by atoms with van der Waals surface area (Å²) in [5.41, 5.74) is 0.939. The molecule has 2 rings (SSSR count). The Kier molecular flexibility index (Phi) is 5.05. The van der Waals surface area contributed by atoms with Crippen molar-refractivity contribution in [2.24, 2.45) is 0 Å². The summed E-state index contributed by atoms with van der Waals surface area (Å²) < 4.78 is 10.5. The van der Waals surface area contributed by atoms with Gasteiger partial charge in [-0.1, -0.05) is 6.07 Å². The zero-order valence-corrected chi connectivity index (χ0v) is 13.0. The molecule has 112 valence electrons. The molecule has 0 radical (unpaired) electrons. The van der Waals surface area contributed by atoms with Gasteiger partial charge in [-0.2, -0.15) is 0 Å². The Morgan fingerprint density at radius 3 is 2.57 bits per heavy atom. The molecular weight excluding hydrogens is 288 g/mol. The van der Waals surface area contributed by atoms with Crippen LogP contribution in [0, 0.1) is 0 Å². The molecule has 2 amide bonds. The van der Waals surface area contributed by atoms with E-state index in [-0.39, 0.29) is 12.1 Å². The first-order valence-electron chi connectivity index (χ1n) is 6.47. The second-order valence-electron chi connectivity index (χ2n) is 4.41. The van der Waals surface area contributed by atoms with E-state index in [1.807, 2.05) is 42.6 Å². The van der Waals surface area contributed by atoms with Crippen LogP contribution in [0.15, 0.2) is 35.7 Å². The fourth-order valence-corrected chi connectivity index (χ4v) is 2.51. The lowest BCUT2D eigenvalue weighted by molar-refractivity contribution is 0.249. The number of hydrogen-bond acceptors (Lipinski definition) is 4. The highest BCUT2D eigenvalue weighted by molar-refractivity contribution is 7.14. The number of benzene rings is 1. The first kappa shape index (κ1) is 15.2. The molecule has 2 N–H and O–H groups in total. The Balaban J connectivity index is 2.02. The predicted octanol–water partition coefficient (Wildman–Crippen LogP) is 3.65. The largest absolute Gasteiger partial charge is 0.493 e. The van der Waals surface area contributed by atoms with Crippen LogP contribution in [-0.4, -0.2) is 20.3 Å². The third kappa shape index (κ3) is 3.88. The molecule has 5 nitrogen and oxygen atoms in total. The molecule has 0 aliphatic heterocycles. The quantitative estimate of drug-likeness (QED) is 0.886. The van der Waals surface area contributed by atoms with Crippen LogP contribution in [0.2, 0.25) is 0 Å². The third-order valence-corrected chi connectivity index (χ3v) is 3.80. The molecule has 1 heterocycles. The Bertz CT molecular complexity index is 599. The van der Waals surface area contributed by atoms with E-state index in [2.05, 4.69) is 10.6 Å². The highest BCUT2D eigenvalue weighted by Gasteiger charge is 2.12. The Morgan fingerprint density at radius 1 is 1.19 bits per heavy atom. The molecule has 0 bridgehead atoms. The van der Waals surface area contributed by atoms with Crippen molar-refractivity contribution in [3.8, 4) is 11.5 Å². The summed E-state index contributed by atoms with van der Waals surface area (Å²) in [6.45, 7) is 1.91. The summed E-state index contributed by atoms with van der Waals surface area (Å²) in [6.07, 6.45) is 0. The minimum Gasteiger partial charge on any atom is -0.493 e. The second kappa shape index (κ2) is 6.99. The Morgan fingerprint density at radius 2 is 1.95 bits per heavy atom. The highest BCUT2D eigenvalue weighted by Crippen LogP contribution is 2.29. The lowest BCUT2D eigenvalue weighted by atomic mass is 10.1. The van der Waals surface area contributed by atoms with Crippen LogP contribution in [0.1, 0.15) is 18.5 Å². The number of ether oxygens (including phenoxy) is 2. The summed E-state index contributed by atoms with van der Waals surface area (Å²) in [5.74, 6) is 1.30. The predicted molar refractivity (Wildman–Crippen MR) is 84.4 cm³/mol. The fraction of sp³-hybridized carbons (Fsp3) is 0.267. The molecule has 0 saturated carbocycles. The summed E-state index contributed by atoms with van der Waals surface area (Å²) in [7, 11) is 3.18. The van der Waals surface area contributed by atoms with Crippen molar-refractivity contribution >= 4 is 22.4 Å². The minimum absolute atomic E-state index is 0.148. The van der Waals surface area contributed by atoms with Crippen molar-refractivity contribution in [2.75, 3.05) is 19.5 Å². The normalized spacial score (nSPS) is 11.6. The lowest BCUT2D eigenvalue weighted by Gasteiger charge is -2.16. The van der Waals surface area contributed by atoms with Crippen LogP contribution in [0.5, 0.6) is 11.5 Å². The standard InChI is InChI=1S/C15H18N2O3S/c1-10(16-15(18)17-14-5-4-8-21-14)11-6-7-12(19-2)13(9-11)20-3/h4-10H,1-3H3,(H2,16,17,18). The number of hydrogen-bond donors (Lipinski definition) is 2. The van der Waals surface area contributed by atoms with Gasteiger partial charge in [-0.15, -0.1) is 11.3 Å². The maximum atomic E-state index is 11.9. The SMILES string of the molecule is COc1ccc(C(C)NC(=O)Nc2cccs2)cc1OC. The maximum Gasteiger partial charge on any atom is 0.320 e. The van der Waals surface area contributed by atoms with Gasteiger partial charge in [0, 0.05) is 0 Å². The van der Waals surface area contributed by atoms with E-state index in [1.165, 1.54) is 11.3 Å². The van der Waals surface area contributed by atoms with E-state index in [0.29, 0.717) is 11.5 Å². The van der Waals surface area contributed by atoms with Crippen molar-refractivity contribution in [3.63, 3.8) is 0 Å². The molecule has 21 heavy (non-hydrogen) atoms. The van der Waals surface area contributed by atoms with E-state index in [4.69, 9.17) is 9.47 Å². The monoisotopic (exact) mass is 306 g/mol. The molecule has 1 aromatic heterocycles. The Labute approximate surface area is 127 Å². The number of methoxy groups -OCH3 is 2. The zero-order chi connectivity index (χ0) is 15.2. The molecule has 2 aromatic rings. The molecule has 0 spiro atoms. The van der Waals surface area contributed by atoms with E-state index in [9.17, 15) is 4.79 Å². The summed E-state index contributed by atoms with van der Waals surface area (Å²) in [4.78, 5) is 11.9. The summed E-state index contributed by atoms with van der Waals surface area (Å²) in [5, 5.41) is 8.39. The molecule has 6 heteroatoms. The van der Waals surface area contributed by atoms with Crippen LogP contribution in [0.4, 0.5) is 9.80 Å². The van der Waals surface area contributed by atoms with Crippen molar-refractivity contribution in [2.45, 2.75) is 13.0 Å². The molecule has 1 aromatic carbocycles. The number of carbonyl (C=O) groups is 1. The van der Waals surface area contributed by atoms with Crippen molar-refractivity contribution in [1.29, 1.82) is 0 Å². The molecule has 1 atom stereocenters. The smallest absolute Gasteiger partial charge is 0.320 e. The fourth-order valence-electron chi connectivity index (χ4n) is 1.90. The zero-order valence-electron chi connectivity index (χ0n) is 12.2. The maximum absolute atomic E-state index is 11.9. The van der Waals surface area contributed by atoms with Gasteiger partial charge in [-0.05, 0) is 42.1 Å². The van der Waals surface area contributed by atoms with Gasteiger partial charge in [0.25, 0.3) is 0 Å². The van der Waals surface area contributed by atoms with Crippen LogP contribution >= 0.6 is 11.3 Å². The number of urea groups is 1. The van der Waals surface area contributed by atoms with E-state index in [1.54, 1.807) is 14.2 Å². The van der Waals surface area contributed by atoms with Crippen molar-refractivity contribution in [3.05, 3.63) is 41.3 Å². The molecule has 0 saturated heterocycles. The first-order chi connectivity index (χ1) is 10.1. The van der Waals surface area contributed by atoms with Gasteiger partial charge in [0.1, 0.15) is 0 Å². The van der Waals surface area contributed by atoms with Gasteiger partial charge in [0.15, 0.2) is 11.5 Å². The average Bonchev–Trinajstić information content (AvgIpc) is 2.99. The Hall–Kier alpha value is -2.21. The van der Waals surface area contributed by atoms with Crippen LogP contribution in [0.3, 0.4) is 0 Å². The van der Waals surface area contributed by atoms with Crippen LogP contribution in [-0.2, 0) is 0 Å². The molecule has 1 unspecified atom stereocenters. The van der Waals surface area contributed by atoms with Crippen molar-refractivity contribution in [1.82, 2.24) is 5.32 Å². The number of carbonyl (C=O) groups excluding carboxylic acids is 1. The van der Waals surface area contributed by atoms with E-state index >= 15 is 0 Å². The molecule has 0 aliphatic rings. The van der Waals surface area contributed by atoms with E-state index < -0.39 is 0 Å². The topological polar surface area (TPSA) is 59.6 Å². The number of amides is 2. The number of nitrogens with one attached hydrogen (secondary N) is 2. The number of thiophene rings is 1. The van der Waals surface area contributed by atoms with Gasteiger partial charge >= 0.3 is 6.03 Å². The second-order valence-corrected chi connectivity index (χ2v) is 5.36. The third-order valence-electron chi connectivity index (χ3n) is 3.01. The minimum atomic E-state index is -0.236. The van der Waals surface area contributed by atoms with Gasteiger partial charge in [0.2, 0.25) is 0 Å². The van der Waals surface area contributed by atoms with Gasteiger partial charge < -0.3 is 14.8 Å².